The molecule has 0 fully saturated rings. The summed E-state index contributed by atoms with van der Waals surface area (Å²) in [6.07, 6.45) is 7.23. The fourth-order valence-corrected chi connectivity index (χ4v) is 3.41. The predicted molar refractivity (Wildman–Crippen MR) is 94.5 cm³/mol. The molecule has 0 saturated carbocycles. The molecular weight excluding hydrogens is 378 g/mol. The zero-order chi connectivity index (χ0) is 16.9. The number of pyridine rings is 1. The van der Waals surface area contributed by atoms with Crippen LogP contribution in [0.25, 0.3) is 6.08 Å². The van der Waals surface area contributed by atoms with Crippen LogP contribution in [0.5, 0.6) is 0 Å². The first kappa shape index (κ1) is 17.8. The van der Waals surface area contributed by atoms with Gasteiger partial charge >= 0.3 is 0 Å². The van der Waals surface area contributed by atoms with Crippen molar-refractivity contribution >= 4 is 32.1 Å². The fraction of sp³-hybridized carbons (Fsp3) is 0.235. The van der Waals surface area contributed by atoms with Crippen LogP contribution in [0.15, 0.2) is 58.2 Å². The van der Waals surface area contributed by atoms with Crippen molar-refractivity contribution in [1.82, 2.24) is 4.98 Å². The van der Waals surface area contributed by atoms with Gasteiger partial charge in [-0.25, -0.2) is 0 Å². The first-order chi connectivity index (χ1) is 10.9. The van der Waals surface area contributed by atoms with Crippen molar-refractivity contribution in [3.8, 4) is 0 Å². The Morgan fingerprint density at radius 2 is 1.96 bits per heavy atom. The lowest BCUT2D eigenvalue weighted by Gasteiger charge is -2.11. The summed E-state index contributed by atoms with van der Waals surface area (Å²) in [5.74, 6) is 0. The summed E-state index contributed by atoms with van der Waals surface area (Å²) in [6.45, 7) is 3.64. The molecule has 0 aliphatic rings. The predicted octanol–water partition coefficient (Wildman–Crippen LogP) is 4.35. The molecule has 1 heterocycles. The third kappa shape index (κ3) is 5.57. The molecule has 0 saturated heterocycles. The molecule has 23 heavy (non-hydrogen) atoms. The number of halogens is 1. The summed E-state index contributed by atoms with van der Waals surface area (Å²) in [4.78, 5) is 4.24. The second-order valence-corrected chi connectivity index (χ2v) is 7.74. The maximum absolute atomic E-state index is 12.2. The second kappa shape index (κ2) is 7.86. The normalized spacial score (nSPS) is 13.3. The SMILES string of the molecule is Cc1ccc(S(=O)(=O)OC(C)C/C=C/c2cncc(Br)c2)cc1. The minimum atomic E-state index is -3.73. The Bertz CT molecular complexity index is 786. The Hall–Kier alpha value is -1.50. The van der Waals surface area contributed by atoms with Crippen LogP contribution in [0, 0.1) is 6.92 Å². The smallest absolute Gasteiger partial charge is 0.263 e. The Balaban J connectivity index is 1.96. The van der Waals surface area contributed by atoms with Gasteiger partial charge in [0.1, 0.15) is 0 Å². The van der Waals surface area contributed by atoms with Gasteiger partial charge in [0, 0.05) is 16.9 Å². The first-order valence-electron chi connectivity index (χ1n) is 7.14. The summed E-state index contributed by atoms with van der Waals surface area (Å²) < 4.78 is 30.5. The molecule has 1 aromatic heterocycles. The van der Waals surface area contributed by atoms with Gasteiger partial charge in [0.2, 0.25) is 0 Å². The van der Waals surface area contributed by atoms with Gasteiger partial charge in [0.05, 0.1) is 11.0 Å². The van der Waals surface area contributed by atoms with Crippen LogP contribution in [-0.4, -0.2) is 19.5 Å². The van der Waals surface area contributed by atoms with Crippen LogP contribution in [-0.2, 0) is 14.3 Å². The van der Waals surface area contributed by atoms with E-state index in [-0.39, 0.29) is 4.90 Å². The van der Waals surface area contributed by atoms with E-state index >= 15 is 0 Å². The van der Waals surface area contributed by atoms with E-state index in [4.69, 9.17) is 4.18 Å². The maximum atomic E-state index is 12.2. The molecule has 6 heteroatoms. The molecular formula is C17H18BrNO3S. The Morgan fingerprint density at radius 3 is 2.61 bits per heavy atom. The van der Waals surface area contributed by atoms with E-state index < -0.39 is 16.2 Å². The van der Waals surface area contributed by atoms with Crippen LogP contribution < -0.4 is 0 Å². The van der Waals surface area contributed by atoms with Crippen molar-refractivity contribution in [3.63, 3.8) is 0 Å². The van der Waals surface area contributed by atoms with Crippen LogP contribution in [0.3, 0.4) is 0 Å². The zero-order valence-electron chi connectivity index (χ0n) is 12.9. The highest BCUT2D eigenvalue weighted by Crippen LogP contribution is 2.17. The Labute approximate surface area is 145 Å². The first-order valence-corrected chi connectivity index (χ1v) is 9.34. The van der Waals surface area contributed by atoms with Crippen molar-refractivity contribution in [2.45, 2.75) is 31.3 Å². The highest BCUT2D eigenvalue weighted by atomic mass is 79.9. The van der Waals surface area contributed by atoms with Crippen molar-refractivity contribution < 1.29 is 12.6 Å². The number of nitrogens with zero attached hydrogens (tertiary/aromatic N) is 1. The van der Waals surface area contributed by atoms with Crippen LogP contribution in [0.1, 0.15) is 24.5 Å². The summed E-state index contributed by atoms with van der Waals surface area (Å²) in [5, 5.41) is 0. The van der Waals surface area contributed by atoms with E-state index in [9.17, 15) is 8.42 Å². The lowest BCUT2D eigenvalue weighted by Crippen LogP contribution is -2.15. The lowest BCUT2D eigenvalue weighted by molar-refractivity contribution is 0.232. The quantitative estimate of drug-likeness (QED) is 0.682. The average Bonchev–Trinajstić information content (AvgIpc) is 2.47. The van der Waals surface area contributed by atoms with Gasteiger partial charge in [-0.1, -0.05) is 29.8 Å². The minimum absolute atomic E-state index is 0.176. The minimum Gasteiger partial charge on any atom is -0.263 e. The molecule has 0 bridgehead atoms. The molecule has 0 aliphatic heterocycles. The number of aromatic nitrogens is 1. The largest absolute Gasteiger partial charge is 0.297 e. The molecule has 0 spiro atoms. The molecule has 1 unspecified atom stereocenters. The van der Waals surface area contributed by atoms with Crippen LogP contribution >= 0.6 is 15.9 Å². The van der Waals surface area contributed by atoms with Crippen molar-refractivity contribution in [3.05, 3.63) is 64.4 Å². The standard InChI is InChI=1S/C17H18BrNO3S/c1-13-6-8-17(9-7-13)23(20,21)22-14(2)4-3-5-15-10-16(18)12-19-11-15/h3,5-12,14H,4H2,1-2H3/b5-3+. The molecule has 2 rings (SSSR count). The van der Waals surface area contributed by atoms with E-state index in [1.165, 1.54) is 0 Å². The van der Waals surface area contributed by atoms with Crippen molar-refractivity contribution in [1.29, 1.82) is 0 Å². The monoisotopic (exact) mass is 395 g/mol. The van der Waals surface area contributed by atoms with Crippen LogP contribution in [0.4, 0.5) is 0 Å². The lowest BCUT2D eigenvalue weighted by atomic mass is 10.2. The molecule has 0 amide bonds. The van der Waals surface area contributed by atoms with E-state index in [0.29, 0.717) is 6.42 Å². The van der Waals surface area contributed by atoms with Crippen molar-refractivity contribution in [2.24, 2.45) is 0 Å². The molecule has 2 aromatic rings. The summed E-state index contributed by atoms with van der Waals surface area (Å²) >= 11 is 3.35. The van der Waals surface area contributed by atoms with E-state index in [2.05, 4.69) is 20.9 Å². The van der Waals surface area contributed by atoms with E-state index in [1.807, 2.05) is 25.1 Å². The van der Waals surface area contributed by atoms with Gasteiger partial charge in [0.15, 0.2) is 0 Å². The van der Waals surface area contributed by atoms with E-state index in [1.54, 1.807) is 43.6 Å². The zero-order valence-corrected chi connectivity index (χ0v) is 15.3. The molecule has 1 atom stereocenters. The molecule has 122 valence electrons. The third-order valence-corrected chi connectivity index (χ3v) is 4.97. The van der Waals surface area contributed by atoms with Gasteiger partial charge in [-0.15, -0.1) is 0 Å². The average molecular weight is 396 g/mol. The number of benzene rings is 1. The highest BCUT2D eigenvalue weighted by Gasteiger charge is 2.18. The summed E-state index contributed by atoms with van der Waals surface area (Å²) in [5.41, 5.74) is 1.94. The molecule has 4 nitrogen and oxygen atoms in total. The summed E-state index contributed by atoms with van der Waals surface area (Å²) in [6, 6.07) is 8.54. The topological polar surface area (TPSA) is 56.3 Å². The number of aryl methyl sites for hydroxylation is 1. The molecule has 0 radical (unpaired) electrons. The van der Waals surface area contributed by atoms with Crippen LogP contribution in [0.2, 0.25) is 0 Å². The number of rotatable bonds is 6. The van der Waals surface area contributed by atoms with Gasteiger partial charge in [-0.2, -0.15) is 8.42 Å². The second-order valence-electron chi connectivity index (χ2n) is 5.25. The Kier molecular flexibility index (Phi) is 6.10. The molecule has 0 aliphatic carbocycles. The fourth-order valence-electron chi connectivity index (χ4n) is 1.93. The van der Waals surface area contributed by atoms with E-state index in [0.717, 1.165) is 15.6 Å². The maximum Gasteiger partial charge on any atom is 0.297 e. The molecule has 0 N–H and O–H groups in total. The third-order valence-electron chi connectivity index (χ3n) is 3.10. The number of hydrogen-bond acceptors (Lipinski definition) is 4. The van der Waals surface area contributed by atoms with Gasteiger partial charge in [-0.3, -0.25) is 9.17 Å². The molecule has 1 aromatic carbocycles. The van der Waals surface area contributed by atoms with Gasteiger partial charge < -0.3 is 0 Å². The van der Waals surface area contributed by atoms with Gasteiger partial charge in [0.25, 0.3) is 10.1 Å². The van der Waals surface area contributed by atoms with Crippen molar-refractivity contribution in [2.75, 3.05) is 0 Å². The highest BCUT2D eigenvalue weighted by molar-refractivity contribution is 9.10. The Morgan fingerprint density at radius 1 is 1.26 bits per heavy atom. The van der Waals surface area contributed by atoms with Gasteiger partial charge in [-0.05, 0) is 60.0 Å². The summed E-state index contributed by atoms with van der Waals surface area (Å²) in [7, 11) is -3.73. The number of hydrogen-bond donors (Lipinski definition) is 0.